The summed E-state index contributed by atoms with van der Waals surface area (Å²) in [6, 6.07) is 8.05. The molecule has 4 rings (SSSR count). The molecular weight excluding hydrogens is 334 g/mol. The van der Waals surface area contributed by atoms with E-state index in [-0.39, 0.29) is 5.02 Å². The quantitative estimate of drug-likeness (QED) is 0.789. The molecule has 6 heteroatoms. The van der Waals surface area contributed by atoms with Crippen molar-refractivity contribution in [1.29, 1.82) is 0 Å². The number of thioether (sulfide) groups is 1. The highest BCUT2D eigenvalue weighted by Gasteiger charge is 2.27. The first kappa shape index (κ1) is 15.1. The van der Waals surface area contributed by atoms with E-state index in [4.69, 9.17) is 20.8 Å². The molecule has 0 spiro atoms. The van der Waals surface area contributed by atoms with Crippen molar-refractivity contribution in [1.82, 2.24) is 0 Å². The van der Waals surface area contributed by atoms with Gasteiger partial charge in [0.05, 0.1) is 18.9 Å². The van der Waals surface area contributed by atoms with Crippen LogP contribution in [0.25, 0.3) is 11.3 Å². The van der Waals surface area contributed by atoms with Crippen LogP contribution < -0.4 is 10.5 Å². The molecule has 0 unspecified atom stereocenters. The van der Waals surface area contributed by atoms with Crippen LogP contribution in [0.15, 0.2) is 38.4 Å². The van der Waals surface area contributed by atoms with Crippen LogP contribution in [0.1, 0.15) is 5.56 Å². The lowest BCUT2D eigenvalue weighted by atomic mass is 10.0. The van der Waals surface area contributed by atoms with E-state index in [1.165, 1.54) is 0 Å². The molecule has 1 saturated heterocycles. The predicted octanol–water partition coefficient (Wildman–Crippen LogP) is 3.45. The van der Waals surface area contributed by atoms with Crippen molar-refractivity contribution in [2.24, 2.45) is 0 Å². The van der Waals surface area contributed by atoms with Gasteiger partial charge in [-0.2, -0.15) is 0 Å². The number of hydrogen-bond donors (Lipinski definition) is 0. The topological polar surface area (TPSA) is 42.7 Å². The highest BCUT2D eigenvalue weighted by molar-refractivity contribution is 7.99. The molecule has 1 aromatic carbocycles. The molecular formula is C17H16ClNO3S. The van der Waals surface area contributed by atoms with Crippen molar-refractivity contribution in [3.05, 3.63) is 45.3 Å². The molecule has 4 nitrogen and oxygen atoms in total. The summed E-state index contributed by atoms with van der Waals surface area (Å²) in [7, 11) is 0. The Morgan fingerprint density at radius 3 is 2.78 bits per heavy atom. The predicted molar refractivity (Wildman–Crippen MR) is 92.9 cm³/mol. The number of hydrogen-bond acceptors (Lipinski definition) is 5. The second-order valence-electron chi connectivity index (χ2n) is 5.55. The van der Waals surface area contributed by atoms with Crippen LogP contribution in [0.4, 0.5) is 5.69 Å². The van der Waals surface area contributed by atoms with Gasteiger partial charge in [0, 0.05) is 34.9 Å². The molecule has 3 heterocycles. The Morgan fingerprint density at radius 1 is 1.17 bits per heavy atom. The van der Waals surface area contributed by atoms with E-state index in [1.54, 1.807) is 11.8 Å². The Kier molecular flexibility index (Phi) is 4.09. The highest BCUT2D eigenvalue weighted by Crippen LogP contribution is 2.42. The second-order valence-corrected chi connectivity index (χ2v) is 7.07. The van der Waals surface area contributed by atoms with Gasteiger partial charge in [-0.05, 0) is 12.5 Å². The van der Waals surface area contributed by atoms with Gasteiger partial charge < -0.3 is 14.1 Å². The van der Waals surface area contributed by atoms with Crippen LogP contribution in [-0.2, 0) is 11.2 Å². The standard InChI is InChI=1S/C17H16ClNO3S/c18-14-15(19-6-8-21-9-7-19)12-5-10-23-13-4-2-1-3-11(13)16(12)22-17(14)20/h1-4H,5-10H2. The zero-order chi connectivity index (χ0) is 15.8. The molecule has 1 fully saturated rings. The van der Waals surface area contributed by atoms with E-state index in [0.29, 0.717) is 19.0 Å². The zero-order valence-electron chi connectivity index (χ0n) is 12.5. The van der Waals surface area contributed by atoms with Crippen molar-refractivity contribution in [2.75, 3.05) is 37.0 Å². The lowest BCUT2D eigenvalue weighted by molar-refractivity contribution is 0.122. The van der Waals surface area contributed by atoms with E-state index in [2.05, 4.69) is 11.0 Å². The molecule has 0 amide bonds. The Labute approximate surface area is 143 Å². The fraction of sp³-hybridized carbons (Fsp3) is 0.353. The van der Waals surface area contributed by atoms with Gasteiger partial charge in [-0.25, -0.2) is 4.79 Å². The van der Waals surface area contributed by atoms with Crippen molar-refractivity contribution in [3.8, 4) is 11.3 Å². The van der Waals surface area contributed by atoms with Gasteiger partial charge in [-0.3, -0.25) is 0 Å². The fourth-order valence-electron chi connectivity index (χ4n) is 3.15. The van der Waals surface area contributed by atoms with Crippen molar-refractivity contribution >= 4 is 29.1 Å². The number of morpholine rings is 1. The SMILES string of the molecule is O=c1oc2c(c(N3CCOCC3)c1Cl)CCSc1ccccc1-2. The minimum absolute atomic E-state index is 0.190. The summed E-state index contributed by atoms with van der Waals surface area (Å²) >= 11 is 8.13. The summed E-state index contributed by atoms with van der Waals surface area (Å²) < 4.78 is 11.0. The molecule has 0 N–H and O–H groups in total. The van der Waals surface area contributed by atoms with E-state index < -0.39 is 5.63 Å². The number of anilines is 1. The summed E-state index contributed by atoms with van der Waals surface area (Å²) in [6.07, 6.45) is 0.824. The Morgan fingerprint density at radius 2 is 1.96 bits per heavy atom. The first-order valence-electron chi connectivity index (χ1n) is 7.66. The van der Waals surface area contributed by atoms with Crippen LogP contribution in [-0.4, -0.2) is 32.1 Å². The minimum Gasteiger partial charge on any atom is -0.421 e. The maximum Gasteiger partial charge on any atom is 0.357 e. The maximum absolute atomic E-state index is 12.3. The summed E-state index contributed by atoms with van der Waals surface area (Å²) in [5, 5.41) is 0.190. The molecule has 1 aromatic heterocycles. The largest absolute Gasteiger partial charge is 0.421 e. The third kappa shape index (κ3) is 2.67. The monoisotopic (exact) mass is 349 g/mol. The second kappa shape index (κ2) is 6.23. The van der Waals surface area contributed by atoms with Crippen LogP contribution in [0.3, 0.4) is 0 Å². The van der Waals surface area contributed by atoms with Crippen LogP contribution >= 0.6 is 23.4 Å². The molecule has 0 radical (unpaired) electrons. The smallest absolute Gasteiger partial charge is 0.357 e. The van der Waals surface area contributed by atoms with E-state index >= 15 is 0 Å². The van der Waals surface area contributed by atoms with E-state index in [0.717, 1.165) is 47.0 Å². The molecule has 2 aliphatic heterocycles. The van der Waals surface area contributed by atoms with Crippen molar-refractivity contribution in [3.63, 3.8) is 0 Å². The van der Waals surface area contributed by atoms with Crippen LogP contribution in [0, 0.1) is 0 Å². The Balaban J connectivity index is 1.95. The highest BCUT2D eigenvalue weighted by atomic mass is 35.5. The average molecular weight is 350 g/mol. The van der Waals surface area contributed by atoms with Gasteiger partial charge in [0.1, 0.15) is 10.8 Å². The third-order valence-corrected chi connectivity index (χ3v) is 5.62. The Bertz CT molecular complexity index is 799. The summed E-state index contributed by atoms with van der Waals surface area (Å²) in [4.78, 5) is 15.6. The van der Waals surface area contributed by atoms with Crippen molar-refractivity contribution in [2.45, 2.75) is 11.3 Å². The van der Waals surface area contributed by atoms with Gasteiger partial charge in [0.15, 0.2) is 0 Å². The van der Waals surface area contributed by atoms with Gasteiger partial charge in [0.25, 0.3) is 0 Å². The molecule has 2 aromatic rings. The fourth-order valence-corrected chi connectivity index (χ4v) is 4.43. The summed E-state index contributed by atoms with van der Waals surface area (Å²) in [6.45, 7) is 2.78. The maximum atomic E-state index is 12.3. The molecule has 2 aliphatic rings. The molecule has 23 heavy (non-hydrogen) atoms. The van der Waals surface area contributed by atoms with E-state index in [9.17, 15) is 4.79 Å². The normalized spacial score (nSPS) is 17.3. The van der Waals surface area contributed by atoms with Gasteiger partial charge >= 0.3 is 5.63 Å². The molecule has 0 atom stereocenters. The first-order valence-corrected chi connectivity index (χ1v) is 9.02. The third-order valence-electron chi connectivity index (χ3n) is 4.21. The minimum atomic E-state index is -0.464. The van der Waals surface area contributed by atoms with E-state index in [1.807, 2.05) is 18.2 Å². The van der Waals surface area contributed by atoms with Crippen LogP contribution in [0.2, 0.25) is 5.02 Å². The Hall–Kier alpha value is -1.43. The van der Waals surface area contributed by atoms with Crippen LogP contribution in [0.5, 0.6) is 0 Å². The number of halogens is 1. The first-order chi connectivity index (χ1) is 11.3. The number of fused-ring (bicyclic) bond motifs is 3. The lowest BCUT2D eigenvalue weighted by Crippen LogP contribution is -2.37. The van der Waals surface area contributed by atoms with Gasteiger partial charge in [-0.15, -0.1) is 11.8 Å². The van der Waals surface area contributed by atoms with Crippen molar-refractivity contribution < 1.29 is 9.15 Å². The van der Waals surface area contributed by atoms with Gasteiger partial charge in [-0.1, -0.05) is 29.8 Å². The molecule has 0 bridgehead atoms. The summed E-state index contributed by atoms with van der Waals surface area (Å²) in [5.41, 5.74) is 2.38. The summed E-state index contributed by atoms with van der Waals surface area (Å²) in [5.74, 6) is 1.60. The van der Waals surface area contributed by atoms with Gasteiger partial charge in [0.2, 0.25) is 0 Å². The number of ether oxygens (including phenoxy) is 1. The number of nitrogens with zero attached hydrogens (tertiary/aromatic N) is 1. The average Bonchev–Trinajstić information content (AvgIpc) is 2.76. The zero-order valence-corrected chi connectivity index (χ0v) is 14.1. The molecule has 120 valence electrons. The lowest BCUT2D eigenvalue weighted by Gasteiger charge is -2.31. The molecule has 0 aliphatic carbocycles. The molecule has 0 saturated carbocycles. The number of benzene rings is 1. The number of rotatable bonds is 1.